The van der Waals surface area contributed by atoms with E-state index in [0.29, 0.717) is 11.5 Å². The van der Waals surface area contributed by atoms with Crippen LogP contribution in [0.15, 0.2) is 41.3 Å². The van der Waals surface area contributed by atoms with E-state index >= 15 is 0 Å². The van der Waals surface area contributed by atoms with Crippen molar-refractivity contribution in [3.63, 3.8) is 0 Å². The molecule has 41 heavy (non-hydrogen) atoms. The fourth-order valence-electron chi connectivity index (χ4n) is 5.63. The zero-order valence-corrected chi connectivity index (χ0v) is 24.3. The first kappa shape index (κ1) is 29.4. The molecule has 2 atom stereocenters. The first-order chi connectivity index (χ1) is 19.6. The highest BCUT2D eigenvalue weighted by atomic mass is 35.5. The molecule has 1 aliphatic carbocycles. The van der Waals surface area contributed by atoms with E-state index in [1.54, 1.807) is 6.07 Å². The molecule has 0 spiro atoms. The van der Waals surface area contributed by atoms with Gasteiger partial charge in [0.25, 0.3) is 11.8 Å². The number of carboxylic acids is 1. The molecule has 2 aromatic carbocycles. The number of hydrogen-bond donors (Lipinski definition) is 2. The van der Waals surface area contributed by atoms with Gasteiger partial charge in [0.15, 0.2) is 17.7 Å². The van der Waals surface area contributed by atoms with Gasteiger partial charge in [-0.3, -0.25) is 14.4 Å². The molecule has 5 rings (SSSR count). The summed E-state index contributed by atoms with van der Waals surface area (Å²) in [5.74, 6) is -1.72. The van der Waals surface area contributed by atoms with Crippen LogP contribution in [0.1, 0.15) is 48.9 Å². The highest BCUT2D eigenvalue weighted by molar-refractivity contribution is 7.89. The third kappa shape index (κ3) is 6.11. The van der Waals surface area contributed by atoms with Crippen LogP contribution >= 0.6 is 23.2 Å². The summed E-state index contributed by atoms with van der Waals surface area (Å²) in [6.07, 6.45) is 2.44. The van der Waals surface area contributed by atoms with Gasteiger partial charge in [0.05, 0.1) is 21.4 Å². The van der Waals surface area contributed by atoms with Gasteiger partial charge in [0.1, 0.15) is 0 Å². The minimum atomic E-state index is -4.34. The van der Waals surface area contributed by atoms with Crippen molar-refractivity contribution in [3.05, 3.63) is 52.0 Å². The molecule has 220 valence electrons. The Morgan fingerprint density at radius 2 is 1.71 bits per heavy atom. The van der Waals surface area contributed by atoms with E-state index < -0.39 is 40.0 Å². The number of halogens is 2. The maximum Gasteiger partial charge on any atom is 0.305 e. The molecule has 11 nitrogen and oxygen atoms in total. The zero-order valence-electron chi connectivity index (χ0n) is 21.9. The van der Waals surface area contributed by atoms with Crippen LogP contribution in [-0.4, -0.2) is 72.6 Å². The van der Waals surface area contributed by atoms with Gasteiger partial charge >= 0.3 is 5.97 Å². The Balaban J connectivity index is 1.49. The highest BCUT2D eigenvalue weighted by Crippen LogP contribution is 2.35. The van der Waals surface area contributed by atoms with Crippen molar-refractivity contribution in [1.82, 2.24) is 14.5 Å². The Kier molecular flexibility index (Phi) is 8.65. The van der Waals surface area contributed by atoms with Gasteiger partial charge in [-0.2, -0.15) is 4.31 Å². The predicted octanol–water partition coefficient (Wildman–Crippen LogP) is 3.73. The van der Waals surface area contributed by atoms with Crippen LogP contribution in [0.5, 0.6) is 11.5 Å². The number of aliphatic carboxylic acids is 1. The molecular weight excluding hydrogens is 597 g/mol. The molecule has 2 aliphatic heterocycles. The quantitative estimate of drug-likeness (QED) is 0.452. The SMILES string of the molecule is O=C(O)CC(NC(=O)C1N(C(=O)c2ccc3c(c2)OCO3)CCN1S(=O)(=O)c1ccc(Cl)c(Cl)c1)C1CCCCC1. The van der Waals surface area contributed by atoms with Crippen molar-refractivity contribution < 1.29 is 37.4 Å². The Morgan fingerprint density at radius 1 is 0.976 bits per heavy atom. The molecule has 0 radical (unpaired) electrons. The summed E-state index contributed by atoms with van der Waals surface area (Å²) in [6, 6.07) is 7.63. The van der Waals surface area contributed by atoms with Crippen LogP contribution in [0.3, 0.4) is 0 Å². The second kappa shape index (κ2) is 12.0. The lowest BCUT2D eigenvalue weighted by molar-refractivity contribution is -0.138. The number of carbonyl (C=O) groups excluding carboxylic acids is 2. The predicted molar refractivity (Wildman–Crippen MR) is 149 cm³/mol. The lowest BCUT2D eigenvalue weighted by Crippen LogP contribution is -2.56. The Bertz CT molecular complexity index is 1460. The van der Waals surface area contributed by atoms with Crippen molar-refractivity contribution >= 4 is 51.0 Å². The normalized spacial score (nSPS) is 20.1. The molecule has 0 bridgehead atoms. The second-order valence-electron chi connectivity index (χ2n) is 10.2. The summed E-state index contributed by atoms with van der Waals surface area (Å²) >= 11 is 12.1. The zero-order chi connectivity index (χ0) is 29.3. The van der Waals surface area contributed by atoms with Crippen LogP contribution < -0.4 is 14.8 Å². The summed E-state index contributed by atoms with van der Waals surface area (Å²) < 4.78 is 39.3. The number of carbonyl (C=O) groups is 3. The van der Waals surface area contributed by atoms with Gasteiger partial charge < -0.3 is 24.8 Å². The van der Waals surface area contributed by atoms with Gasteiger partial charge in [-0.05, 0) is 55.2 Å². The Labute approximate surface area is 247 Å². The fourth-order valence-corrected chi connectivity index (χ4v) is 7.56. The molecule has 0 aromatic heterocycles. The summed E-state index contributed by atoms with van der Waals surface area (Å²) in [6.45, 7) is -0.257. The number of nitrogens with zero attached hydrogens (tertiary/aromatic N) is 2. The van der Waals surface area contributed by atoms with Crippen LogP contribution in [0.25, 0.3) is 0 Å². The van der Waals surface area contributed by atoms with E-state index in [-0.39, 0.29) is 52.7 Å². The number of rotatable bonds is 8. The lowest BCUT2D eigenvalue weighted by Gasteiger charge is -2.34. The van der Waals surface area contributed by atoms with Gasteiger partial charge in [-0.15, -0.1) is 0 Å². The highest BCUT2D eigenvalue weighted by Gasteiger charge is 2.47. The van der Waals surface area contributed by atoms with Crippen molar-refractivity contribution in [3.8, 4) is 11.5 Å². The largest absolute Gasteiger partial charge is 0.481 e. The number of ether oxygens (including phenoxy) is 2. The summed E-state index contributed by atoms with van der Waals surface area (Å²) in [7, 11) is -4.34. The molecule has 2 heterocycles. The molecule has 1 saturated heterocycles. The van der Waals surface area contributed by atoms with Crippen molar-refractivity contribution in [1.29, 1.82) is 0 Å². The van der Waals surface area contributed by atoms with Crippen molar-refractivity contribution in [2.24, 2.45) is 5.92 Å². The minimum absolute atomic E-state index is 0.00350. The van der Waals surface area contributed by atoms with Crippen molar-refractivity contribution in [2.45, 2.75) is 55.6 Å². The minimum Gasteiger partial charge on any atom is -0.481 e. The van der Waals surface area contributed by atoms with Gasteiger partial charge in [0.2, 0.25) is 16.8 Å². The van der Waals surface area contributed by atoms with E-state index in [4.69, 9.17) is 32.7 Å². The van der Waals surface area contributed by atoms with E-state index in [0.717, 1.165) is 36.4 Å². The third-order valence-corrected chi connectivity index (χ3v) is 10.3. The third-order valence-electron chi connectivity index (χ3n) is 7.68. The van der Waals surface area contributed by atoms with Crippen molar-refractivity contribution in [2.75, 3.05) is 19.9 Å². The smallest absolute Gasteiger partial charge is 0.305 e. The van der Waals surface area contributed by atoms with E-state index in [1.165, 1.54) is 35.2 Å². The first-order valence-electron chi connectivity index (χ1n) is 13.3. The van der Waals surface area contributed by atoms with Crippen LogP contribution in [-0.2, 0) is 19.6 Å². The van der Waals surface area contributed by atoms with Gasteiger partial charge in [-0.25, -0.2) is 8.42 Å². The molecule has 2 unspecified atom stereocenters. The van der Waals surface area contributed by atoms with E-state index in [9.17, 15) is 27.9 Å². The average molecular weight is 627 g/mol. The lowest BCUT2D eigenvalue weighted by atomic mass is 9.82. The van der Waals surface area contributed by atoms with E-state index in [2.05, 4.69) is 5.32 Å². The Morgan fingerprint density at radius 3 is 2.41 bits per heavy atom. The molecular formula is C27H29Cl2N3O8S. The standard InChI is InChI=1S/C27H29Cl2N3O8S/c28-19-8-7-18(13-20(19)29)41(37,38)32-11-10-31(27(36)17-6-9-22-23(12-17)40-15-39-22)26(32)25(35)30-21(14-24(33)34)16-4-2-1-3-5-16/h6-9,12-13,16,21,26H,1-5,10-11,14-15H2,(H,30,35)(H,33,34). The topological polar surface area (TPSA) is 143 Å². The number of hydrogen-bond acceptors (Lipinski definition) is 7. The van der Waals surface area contributed by atoms with Gasteiger partial charge in [0, 0.05) is 24.7 Å². The number of nitrogens with one attached hydrogen (secondary N) is 1. The summed E-state index contributed by atoms with van der Waals surface area (Å²) in [5, 5.41) is 12.5. The van der Waals surface area contributed by atoms with Crippen LogP contribution in [0.4, 0.5) is 0 Å². The second-order valence-corrected chi connectivity index (χ2v) is 12.9. The molecule has 3 aliphatic rings. The molecule has 2 aromatic rings. The number of amides is 2. The number of carboxylic acid groups (broad SMARTS) is 1. The first-order valence-corrected chi connectivity index (χ1v) is 15.5. The molecule has 2 amide bonds. The summed E-state index contributed by atoms with van der Waals surface area (Å²) in [4.78, 5) is 40.3. The fraction of sp³-hybridized carbons (Fsp3) is 0.444. The van der Waals surface area contributed by atoms with E-state index in [1.807, 2.05) is 0 Å². The number of benzene rings is 2. The molecule has 14 heteroatoms. The number of fused-ring (bicyclic) bond motifs is 1. The molecule has 2 N–H and O–H groups in total. The van der Waals surface area contributed by atoms with Crippen LogP contribution in [0.2, 0.25) is 10.0 Å². The monoisotopic (exact) mass is 625 g/mol. The Hall–Kier alpha value is -3.06. The molecule has 2 fully saturated rings. The number of sulfonamides is 1. The maximum atomic E-state index is 13.9. The van der Waals surface area contributed by atoms with Crippen LogP contribution in [0, 0.1) is 5.92 Å². The average Bonchev–Trinajstić information content (AvgIpc) is 3.61. The summed E-state index contributed by atoms with van der Waals surface area (Å²) in [5.41, 5.74) is 0.176. The maximum absolute atomic E-state index is 13.9. The van der Waals surface area contributed by atoms with Gasteiger partial charge in [-0.1, -0.05) is 42.5 Å². The molecule has 1 saturated carbocycles.